The van der Waals surface area contributed by atoms with Crippen LogP contribution in [0, 0.1) is 0 Å². The Morgan fingerprint density at radius 3 is 2.83 bits per heavy atom. The number of rotatable bonds is 3. The molecule has 0 unspecified atom stereocenters. The second-order valence-corrected chi connectivity index (χ2v) is 3.65. The maximum Gasteiger partial charge on any atom is 0.143 e. The molecule has 7 nitrogen and oxygen atoms in total. The lowest BCUT2D eigenvalue weighted by molar-refractivity contribution is 0.215. The van der Waals surface area contributed by atoms with Crippen LogP contribution in [0.1, 0.15) is 5.56 Å². The molecule has 0 atom stereocenters. The fraction of sp³-hybridized carbons (Fsp3) is 0.500. The number of hydrogen-bond donors (Lipinski definition) is 2. The molecule has 1 aromatic heterocycles. The number of aromatic nitrogens is 2. The van der Waals surface area contributed by atoms with Crippen molar-refractivity contribution in [3.05, 3.63) is 11.9 Å². The van der Waals surface area contributed by atoms with Crippen LogP contribution in [-0.2, 0) is 4.84 Å². The van der Waals surface area contributed by atoms with Gasteiger partial charge in [0.25, 0.3) is 0 Å². The number of nitrogen functional groups attached to an aromatic ring is 1. The van der Waals surface area contributed by atoms with Crippen molar-refractivity contribution in [2.45, 2.75) is 0 Å². The molecule has 0 spiro atoms. The van der Waals surface area contributed by atoms with Gasteiger partial charge in [0.05, 0.1) is 11.8 Å². The van der Waals surface area contributed by atoms with Gasteiger partial charge in [-0.15, -0.1) is 12.4 Å². The van der Waals surface area contributed by atoms with E-state index in [0.717, 1.165) is 32.0 Å². The minimum absolute atomic E-state index is 0. The fourth-order valence-electron chi connectivity index (χ4n) is 1.76. The molecule has 0 aliphatic carbocycles. The van der Waals surface area contributed by atoms with Gasteiger partial charge in [0.15, 0.2) is 0 Å². The number of piperazine rings is 1. The lowest BCUT2D eigenvalue weighted by Gasteiger charge is -2.29. The monoisotopic (exact) mass is 272 g/mol. The topological polar surface area (TPSA) is 88.7 Å². The third kappa shape index (κ3) is 3.21. The molecule has 0 amide bonds. The number of nitrogens with two attached hydrogens (primary N) is 1. The molecule has 1 aliphatic rings. The Kier molecular flexibility index (Phi) is 5.60. The molecule has 0 aromatic carbocycles. The molecule has 1 saturated heterocycles. The van der Waals surface area contributed by atoms with E-state index in [1.807, 2.05) is 0 Å². The first-order chi connectivity index (χ1) is 8.33. The van der Waals surface area contributed by atoms with Crippen molar-refractivity contribution >= 4 is 30.3 Å². The fourth-order valence-corrected chi connectivity index (χ4v) is 1.76. The van der Waals surface area contributed by atoms with E-state index in [0.29, 0.717) is 11.4 Å². The molecule has 1 fully saturated rings. The number of nitrogens with zero attached hydrogens (tertiary/aromatic N) is 4. The molecule has 0 radical (unpaired) electrons. The van der Waals surface area contributed by atoms with E-state index in [-0.39, 0.29) is 12.4 Å². The van der Waals surface area contributed by atoms with Gasteiger partial charge in [-0.05, 0) is 0 Å². The average molecular weight is 273 g/mol. The van der Waals surface area contributed by atoms with Gasteiger partial charge in [-0.3, -0.25) is 0 Å². The Bertz CT molecular complexity index is 407. The third-order valence-electron chi connectivity index (χ3n) is 2.60. The van der Waals surface area contributed by atoms with Crippen LogP contribution >= 0.6 is 12.4 Å². The highest BCUT2D eigenvalue weighted by molar-refractivity contribution is 5.91. The first-order valence-electron chi connectivity index (χ1n) is 5.45. The van der Waals surface area contributed by atoms with Crippen LogP contribution in [0.4, 0.5) is 11.6 Å². The van der Waals surface area contributed by atoms with Gasteiger partial charge in [-0.25, -0.2) is 9.97 Å². The second kappa shape index (κ2) is 6.97. The van der Waals surface area contributed by atoms with E-state index in [4.69, 9.17) is 5.73 Å². The number of anilines is 2. The molecular weight excluding hydrogens is 256 g/mol. The van der Waals surface area contributed by atoms with Crippen molar-refractivity contribution in [1.29, 1.82) is 0 Å². The zero-order chi connectivity index (χ0) is 12.1. The van der Waals surface area contributed by atoms with Gasteiger partial charge < -0.3 is 20.8 Å². The molecule has 2 heterocycles. The maximum atomic E-state index is 5.83. The molecular formula is C10H17ClN6O. The minimum atomic E-state index is 0. The van der Waals surface area contributed by atoms with Crippen molar-refractivity contribution < 1.29 is 4.84 Å². The Labute approximate surface area is 112 Å². The first kappa shape index (κ1) is 14.5. The van der Waals surface area contributed by atoms with E-state index < -0.39 is 0 Å². The van der Waals surface area contributed by atoms with Crippen molar-refractivity contribution in [1.82, 2.24) is 15.3 Å². The summed E-state index contributed by atoms with van der Waals surface area (Å²) in [6.07, 6.45) is 3.02. The smallest absolute Gasteiger partial charge is 0.143 e. The van der Waals surface area contributed by atoms with Crippen molar-refractivity contribution in [3.8, 4) is 0 Å². The Hall–Kier alpha value is -1.60. The van der Waals surface area contributed by atoms with Crippen LogP contribution in [0.25, 0.3) is 0 Å². The zero-order valence-electron chi connectivity index (χ0n) is 10.2. The average Bonchev–Trinajstić information content (AvgIpc) is 2.38. The van der Waals surface area contributed by atoms with E-state index in [9.17, 15) is 0 Å². The molecule has 0 saturated carbocycles. The summed E-state index contributed by atoms with van der Waals surface area (Å²) in [7, 11) is 1.49. The number of halogens is 1. The molecule has 2 rings (SSSR count). The standard InChI is InChI=1S/C10H16N6O.ClH/c1-17-15-6-8-9(11)13-7-14-10(8)16-4-2-12-3-5-16;/h6-7,12H,2-5H2,1H3,(H2,11,13,14);1H. The summed E-state index contributed by atoms with van der Waals surface area (Å²) in [5.74, 6) is 1.22. The Morgan fingerprint density at radius 2 is 2.17 bits per heavy atom. The van der Waals surface area contributed by atoms with Crippen molar-refractivity contribution in [2.24, 2.45) is 5.16 Å². The normalized spacial score (nSPS) is 15.5. The quantitative estimate of drug-likeness (QED) is 0.589. The maximum absolute atomic E-state index is 5.83. The molecule has 8 heteroatoms. The van der Waals surface area contributed by atoms with Crippen LogP contribution < -0.4 is 16.0 Å². The first-order valence-corrected chi connectivity index (χ1v) is 5.45. The van der Waals surface area contributed by atoms with E-state index >= 15 is 0 Å². The molecule has 1 aromatic rings. The summed E-state index contributed by atoms with van der Waals surface area (Å²) in [4.78, 5) is 15.1. The van der Waals surface area contributed by atoms with Crippen LogP contribution in [0.15, 0.2) is 11.5 Å². The lowest BCUT2D eigenvalue weighted by atomic mass is 10.2. The van der Waals surface area contributed by atoms with Gasteiger partial charge in [0.1, 0.15) is 25.1 Å². The summed E-state index contributed by atoms with van der Waals surface area (Å²) < 4.78 is 0. The third-order valence-corrected chi connectivity index (χ3v) is 2.60. The van der Waals surface area contributed by atoms with E-state index in [2.05, 4.69) is 30.2 Å². The minimum Gasteiger partial charge on any atom is -0.399 e. The summed E-state index contributed by atoms with van der Waals surface area (Å²) >= 11 is 0. The number of nitrogens with one attached hydrogen (secondary N) is 1. The molecule has 18 heavy (non-hydrogen) atoms. The van der Waals surface area contributed by atoms with Crippen molar-refractivity contribution in [2.75, 3.05) is 43.9 Å². The van der Waals surface area contributed by atoms with Crippen LogP contribution in [0.3, 0.4) is 0 Å². The van der Waals surface area contributed by atoms with Gasteiger partial charge in [-0.2, -0.15) is 0 Å². The summed E-state index contributed by atoms with van der Waals surface area (Å²) in [6, 6.07) is 0. The Morgan fingerprint density at radius 1 is 1.44 bits per heavy atom. The highest BCUT2D eigenvalue weighted by Gasteiger charge is 2.16. The van der Waals surface area contributed by atoms with Gasteiger partial charge in [-0.1, -0.05) is 5.16 Å². The Balaban J connectivity index is 0.00000162. The summed E-state index contributed by atoms with van der Waals surface area (Å²) in [5.41, 5.74) is 6.53. The molecule has 100 valence electrons. The summed E-state index contributed by atoms with van der Waals surface area (Å²) in [6.45, 7) is 3.66. The van der Waals surface area contributed by atoms with E-state index in [1.54, 1.807) is 6.21 Å². The van der Waals surface area contributed by atoms with Gasteiger partial charge >= 0.3 is 0 Å². The van der Waals surface area contributed by atoms with Crippen LogP contribution in [-0.4, -0.2) is 49.5 Å². The van der Waals surface area contributed by atoms with E-state index in [1.165, 1.54) is 13.4 Å². The van der Waals surface area contributed by atoms with Gasteiger partial charge in [0, 0.05) is 26.2 Å². The second-order valence-electron chi connectivity index (χ2n) is 3.65. The predicted molar refractivity (Wildman–Crippen MR) is 73.4 cm³/mol. The van der Waals surface area contributed by atoms with Crippen LogP contribution in [0.5, 0.6) is 0 Å². The number of oxime groups is 1. The zero-order valence-corrected chi connectivity index (χ0v) is 11.0. The predicted octanol–water partition coefficient (Wildman–Crippen LogP) is -0.129. The van der Waals surface area contributed by atoms with Crippen LogP contribution in [0.2, 0.25) is 0 Å². The lowest BCUT2D eigenvalue weighted by Crippen LogP contribution is -2.44. The SMILES string of the molecule is CON=Cc1c(N)ncnc1N1CCNCC1.Cl. The highest BCUT2D eigenvalue weighted by Crippen LogP contribution is 2.19. The van der Waals surface area contributed by atoms with Gasteiger partial charge in [0.2, 0.25) is 0 Å². The largest absolute Gasteiger partial charge is 0.399 e. The molecule has 1 aliphatic heterocycles. The highest BCUT2D eigenvalue weighted by atomic mass is 35.5. The molecule has 3 N–H and O–H groups in total. The summed E-state index contributed by atoms with van der Waals surface area (Å²) in [5, 5.41) is 7.02. The number of hydrogen-bond acceptors (Lipinski definition) is 7. The molecule has 0 bridgehead atoms. The van der Waals surface area contributed by atoms with Crippen molar-refractivity contribution in [3.63, 3.8) is 0 Å².